The fourth-order valence-electron chi connectivity index (χ4n) is 1.92. The zero-order valence-electron chi connectivity index (χ0n) is 12.5. The molecular formula is C17H22O4. The van der Waals surface area contributed by atoms with Gasteiger partial charge in [0.2, 0.25) is 0 Å². The summed E-state index contributed by atoms with van der Waals surface area (Å²) in [5.74, 6) is 6.67. The zero-order valence-corrected chi connectivity index (χ0v) is 12.5. The Balaban J connectivity index is 1.97. The van der Waals surface area contributed by atoms with E-state index in [9.17, 15) is 9.59 Å². The standard InChI is InChI=1S/C17H22O4/c1-20-17(19)11-9-7-5-3-2-4-6-8-10-15-12-13-16(14-18)21-15/h12-14H,2-7,9,11H2,1H3. The number of ether oxygens (including phenoxy) is 1. The minimum absolute atomic E-state index is 0.124. The van der Waals surface area contributed by atoms with Crippen LogP contribution < -0.4 is 0 Å². The van der Waals surface area contributed by atoms with E-state index < -0.39 is 0 Å². The molecule has 0 saturated heterocycles. The summed E-state index contributed by atoms with van der Waals surface area (Å²) >= 11 is 0. The van der Waals surface area contributed by atoms with E-state index in [1.807, 2.05) is 0 Å². The maximum Gasteiger partial charge on any atom is 0.305 e. The number of hydrogen-bond acceptors (Lipinski definition) is 4. The smallest absolute Gasteiger partial charge is 0.305 e. The van der Waals surface area contributed by atoms with Crippen LogP contribution in [0.4, 0.5) is 0 Å². The number of carbonyl (C=O) groups is 2. The summed E-state index contributed by atoms with van der Waals surface area (Å²) < 4.78 is 9.74. The summed E-state index contributed by atoms with van der Waals surface area (Å²) in [5, 5.41) is 0. The molecule has 0 spiro atoms. The first-order chi connectivity index (χ1) is 10.3. The highest BCUT2D eigenvalue weighted by atomic mass is 16.5. The molecule has 0 atom stereocenters. The van der Waals surface area contributed by atoms with Gasteiger partial charge in [0.1, 0.15) is 0 Å². The highest BCUT2D eigenvalue weighted by Crippen LogP contribution is 2.09. The van der Waals surface area contributed by atoms with Crippen LogP contribution in [0.2, 0.25) is 0 Å². The molecule has 0 saturated carbocycles. The number of unbranched alkanes of at least 4 members (excludes halogenated alkanes) is 6. The summed E-state index contributed by atoms with van der Waals surface area (Å²) in [4.78, 5) is 21.3. The highest BCUT2D eigenvalue weighted by Gasteiger charge is 1.99. The molecule has 0 unspecified atom stereocenters. The second-order valence-corrected chi connectivity index (χ2v) is 4.82. The first-order valence-corrected chi connectivity index (χ1v) is 7.37. The van der Waals surface area contributed by atoms with Crippen molar-refractivity contribution in [2.24, 2.45) is 0 Å². The Morgan fingerprint density at radius 1 is 1.19 bits per heavy atom. The molecule has 4 nitrogen and oxygen atoms in total. The van der Waals surface area contributed by atoms with E-state index in [-0.39, 0.29) is 5.97 Å². The van der Waals surface area contributed by atoms with E-state index in [1.54, 1.807) is 12.1 Å². The van der Waals surface area contributed by atoms with E-state index in [0.29, 0.717) is 24.2 Å². The highest BCUT2D eigenvalue weighted by molar-refractivity contribution is 5.70. The van der Waals surface area contributed by atoms with Crippen LogP contribution >= 0.6 is 0 Å². The molecular weight excluding hydrogens is 268 g/mol. The first kappa shape index (κ1) is 17.0. The minimum Gasteiger partial charge on any atom is -0.469 e. The Labute approximate surface area is 125 Å². The molecule has 21 heavy (non-hydrogen) atoms. The third-order valence-electron chi connectivity index (χ3n) is 3.11. The lowest BCUT2D eigenvalue weighted by Gasteiger charge is -2.00. The Morgan fingerprint density at radius 2 is 1.90 bits per heavy atom. The predicted octanol–water partition coefficient (Wildman–Crippen LogP) is 3.74. The van der Waals surface area contributed by atoms with Crippen molar-refractivity contribution in [3.05, 3.63) is 23.7 Å². The quantitative estimate of drug-likeness (QED) is 0.301. The van der Waals surface area contributed by atoms with Crippen molar-refractivity contribution in [1.29, 1.82) is 0 Å². The number of aldehydes is 1. The Bertz CT molecular complexity index is 490. The van der Waals surface area contributed by atoms with Gasteiger partial charge in [-0.1, -0.05) is 31.6 Å². The molecule has 0 radical (unpaired) electrons. The summed E-state index contributed by atoms with van der Waals surface area (Å²) in [6, 6.07) is 3.32. The molecule has 0 aliphatic carbocycles. The lowest BCUT2D eigenvalue weighted by Crippen LogP contribution is -1.99. The second-order valence-electron chi connectivity index (χ2n) is 4.82. The van der Waals surface area contributed by atoms with E-state index in [2.05, 4.69) is 16.6 Å². The van der Waals surface area contributed by atoms with Crippen LogP contribution in [0.25, 0.3) is 0 Å². The van der Waals surface area contributed by atoms with Crippen LogP contribution in [0.1, 0.15) is 67.7 Å². The van der Waals surface area contributed by atoms with Gasteiger partial charge in [-0.15, -0.1) is 0 Å². The molecule has 0 aliphatic heterocycles. The molecule has 1 rings (SSSR count). The third-order valence-corrected chi connectivity index (χ3v) is 3.11. The van der Waals surface area contributed by atoms with Crippen molar-refractivity contribution in [2.45, 2.75) is 51.4 Å². The van der Waals surface area contributed by atoms with Crippen LogP contribution in [0.5, 0.6) is 0 Å². The molecule has 0 bridgehead atoms. The van der Waals surface area contributed by atoms with Crippen LogP contribution in [-0.4, -0.2) is 19.4 Å². The van der Waals surface area contributed by atoms with Gasteiger partial charge >= 0.3 is 5.97 Å². The number of carbonyl (C=O) groups excluding carboxylic acids is 2. The second kappa shape index (κ2) is 10.7. The number of esters is 1. The van der Waals surface area contributed by atoms with Gasteiger partial charge < -0.3 is 9.15 Å². The lowest BCUT2D eigenvalue weighted by molar-refractivity contribution is -0.140. The number of furan rings is 1. The summed E-state index contributed by atoms with van der Waals surface area (Å²) in [5.41, 5.74) is 0. The van der Waals surface area contributed by atoms with Crippen molar-refractivity contribution in [3.63, 3.8) is 0 Å². The number of hydrogen-bond donors (Lipinski definition) is 0. The van der Waals surface area contributed by atoms with E-state index in [4.69, 9.17) is 4.42 Å². The Hall–Kier alpha value is -2.02. The number of methoxy groups -OCH3 is 1. The fourth-order valence-corrected chi connectivity index (χ4v) is 1.92. The molecule has 0 amide bonds. The predicted molar refractivity (Wildman–Crippen MR) is 79.9 cm³/mol. The van der Waals surface area contributed by atoms with E-state index >= 15 is 0 Å². The third kappa shape index (κ3) is 7.98. The van der Waals surface area contributed by atoms with Crippen LogP contribution in [0.3, 0.4) is 0 Å². The van der Waals surface area contributed by atoms with Crippen LogP contribution in [-0.2, 0) is 9.53 Å². The molecule has 1 aromatic heterocycles. The van der Waals surface area contributed by atoms with Gasteiger partial charge in [0.25, 0.3) is 0 Å². The van der Waals surface area contributed by atoms with Crippen molar-refractivity contribution in [3.8, 4) is 11.8 Å². The monoisotopic (exact) mass is 290 g/mol. The summed E-state index contributed by atoms with van der Waals surface area (Å²) in [7, 11) is 1.42. The largest absolute Gasteiger partial charge is 0.469 e. The maximum absolute atomic E-state index is 10.9. The van der Waals surface area contributed by atoms with Gasteiger partial charge in [0.05, 0.1) is 7.11 Å². The molecule has 4 heteroatoms. The van der Waals surface area contributed by atoms with Crippen LogP contribution in [0.15, 0.2) is 16.5 Å². The molecule has 1 heterocycles. The molecule has 114 valence electrons. The molecule has 0 aliphatic rings. The molecule has 1 aromatic rings. The van der Waals surface area contributed by atoms with Gasteiger partial charge in [0.15, 0.2) is 17.8 Å². The van der Waals surface area contributed by atoms with E-state index in [1.165, 1.54) is 13.5 Å². The normalized spacial score (nSPS) is 9.76. The van der Waals surface area contributed by atoms with Gasteiger partial charge in [-0.3, -0.25) is 9.59 Å². The minimum atomic E-state index is -0.124. The molecule has 0 aromatic carbocycles. The average molecular weight is 290 g/mol. The SMILES string of the molecule is COC(=O)CCCCCCCCC#Cc1ccc(C=O)o1. The van der Waals surface area contributed by atoms with Crippen molar-refractivity contribution in [1.82, 2.24) is 0 Å². The van der Waals surface area contributed by atoms with Gasteiger partial charge in [-0.2, -0.15) is 0 Å². The maximum atomic E-state index is 10.9. The summed E-state index contributed by atoms with van der Waals surface area (Å²) in [6.45, 7) is 0. The van der Waals surface area contributed by atoms with Crippen molar-refractivity contribution >= 4 is 12.3 Å². The Morgan fingerprint density at radius 3 is 2.57 bits per heavy atom. The Kier molecular flexibility index (Phi) is 8.70. The average Bonchev–Trinajstić information content (AvgIpc) is 2.96. The number of rotatable bonds is 9. The molecule has 0 fully saturated rings. The van der Waals surface area contributed by atoms with Gasteiger partial charge in [-0.05, 0) is 30.9 Å². The zero-order chi connectivity index (χ0) is 15.3. The van der Waals surface area contributed by atoms with Gasteiger partial charge in [0, 0.05) is 12.8 Å². The molecule has 0 N–H and O–H groups in total. The van der Waals surface area contributed by atoms with Crippen molar-refractivity contribution < 1.29 is 18.7 Å². The summed E-state index contributed by atoms with van der Waals surface area (Å²) in [6.07, 6.45) is 8.52. The van der Waals surface area contributed by atoms with Crippen LogP contribution in [0, 0.1) is 11.8 Å². The lowest BCUT2D eigenvalue weighted by atomic mass is 10.1. The van der Waals surface area contributed by atoms with Crippen molar-refractivity contribution in [2.75, 3.05) is 7.11 Å². The fraction of sp³-hybridized carbons (Fsp3) is 0.529. The first-order valence-electron chi connectivity index (χ1n) is 7.37. The topological polar surface area (TPSA) is 56.5 Å². The van der Waals surface area contributed by atoms with Gasteiger partial charge in [-0.25, -0.2) is 0 Å². The van der Waals surface area contributed by atoms with E-state index in [0.717, 1.165) is 38.5 Å².